The van der Waals surface area contributed by atoms with Crippen LogP contribution in [0.4, 0.5) is 0 Å². The zero-order valence-corrected chi connectivity index (χ0v) is 7.90. The number of nitrogens with two attached hydrogens (primary N) is 1. The quantitative estimate of drug-likeness (QED) is 0.419. The summed E-state index contributed by atoms with van der Waals surface area (Å²) in [7, 11) is 1.56. The average molecular weight is 178 g/mol. The molecule has 1 aromatic carbocycles. The van der Waals surface area contributed by atoms with E-state index in [2.05, 4.69) is 0 Å². The van der Waals surface area contributed by atoms with E-state index >= 15 is 0 Å². The van der Waals surface area contributed by atoms with Crippen LogP contribution in [0, 0.1) is 0 Å². The van der Waals surface area contributed by atoms with Crippen molar-refractivity contribution in [3.8, 4) is 0 Å². The van der Waals surface area contributed by atoms with E-state index < -0.39 is 0 Å². The Morgan fingerprint density at radius 3 is 2.38 bits per heavy atom. The zero-order chi connectivity index (χ0) is 9.84. The SMILES string of the molecule is CC(C(=O)N(C)N)c1ccccc1. The molecule has 13 heavy (non-hydrogen) atoms. The number of rotatable bonds is 2. The van der Waals surface area contributed by atoms with Crippen molar-refractivity contribution < 1.29 is 4.79 Å². The van der Waals surface area contributed by atoms with Crippen LogP contribution in [0.3, 0.4) is 0 Å². The Morgan fingerprint density at radius 2 is 1.92 bits per heavy atom. The first-order valence-electron chi connectivity index (χ1n) is 4.20. The summed E-state index contributed by atoms with van der Waals surface area (Å²) in [5.41, 5.74) is 0.991. The molecule has 1 aromatic rings. The normalized spacial score (nSPS) is 12.2. The highest BCUT2D eigenvalue weighted by atomic mass is 16.2. The van der Waals surface area contributed by atoms with Crippen LogP contribution < -0.4 is 5.84 Å². The molecule has 2 N–H and O–H groups in total. The van der Waals surface area contributed by atoms with Crippen LogP contribution in [0.25, 0.3) is 0 Å². The molecule has 0 aliphatic rings. The number of hydrogen-bond acceptors (Lipinski definition) is 2. The Labute approximate surface area is 78.1 Å². The van der Waals surface area contributed by atoms with Gasteiger partial charge in [0.1, 0.15) is 0 Å². The molecule has 0 saturated carbocycles. The molecule has 0 heterocycles. The standard InChI is InChI=1S/C10H14N2O/c1-8(10(13)12(2)11)9-6-4-3-5-7-9/h3-8H,11H2,1-2H3. The van der Waals surface area contributed by atoms with Crippen molar-refractivity contribution in [2.24, 2.45) is 5.84 Å². The van der Waals surface area contributed by atoms with Crippen molar-refractivity contribution in [2.45, 2.75) is 12.8 Å². The molecule has 0 bridgehead atoms. The van der Waals surface area contributed by atoms with Gasteiger partial charge in [0.2, 0.25) is 5.91 Å². The Hall–Kier alpha value is -1.35. The lowest BCUT2D eigenvalue weighted by atomic mass is 10.0. The van der Waals surface area contributed by atoms with Gasteiger partial charge in [0, 0.05) is 7.05 Å². The molecule has 1 unspecified atom stereocenters. The van der Waals surface area contributed by atoms with Crippen LogP contribution in [0.5, 0.6) is 0 Å². The van der Waals surface area contributed by atoms with Gasteiger partial charge in [0.15, 0.2) is 0 Å². The van der Waals surface area contributed by atoms with Gasteiger partial charge in [-0.05, 0) is 12.5 Å². The number of nitrogens with zero attached hydrogens (tertiary/aromatic N) is 1. The highest BCUT2D eigenvalue weighted by molar-refractivity contribution is 5.82. The van der Waals surface area contributed by atoms with Crippen LogP contribution in [0.1, 0.15) is 18.4 Å². The predicted octanol–water partition coefficient (Wildman–Crippen LogP) is 1.12. The number of likely N-dealkylation sites (N-methyl/N-ethyl adjacent to an activating group) is 1. The molecule has 0 aliphatic carbocycles. The lowest BCUT2D eigenvalue weighted by Crippen LogP contribution is -2.36. The van der Waals surface area contributed by atoms with Crippen molar-refractivity contribution in [1.29, 1.82) is 0 Å². The maximum absolute atomic E-state index is 11.4. The fourth-order valence-corrected chi connectivity index (χ4v) is 1.19. The van der Waals surface area contributed by atoms with Gasteiger partial charge in [-0.3, -0.25) is 9.80 Å². The first-order chi connectivity index (χ1) is 6.13. The highest BCUT2D eigenvalue weighted by Gasteiger charge is 2.16. The van der Waals surface area contributed by atoms with E-state index in [4.69, 9.17) is 5.84 Å². The largest absolute Gasteiger partial charge is 0.283 e. The molecule has 0 aliphatic heterocycles. The lowest BCUT2D eigenvalue weighted by Gasteiger charge is -2.16. The Morgan fingerprint density at radius 1 is 1.38 bits per heavy atom. The molecule has 3 heteroatoms. The minimum atomic E-state index is -0.170. The third-order valence-corrected chi connectivity index (χ3v) is 2.02. The second-order valence-electron chi connectivity index (χ2n) is 3.08. The van der Waals surface area contributed by atoms with Gasteiger partial charge in [0.25, 0.3) is 0 Å². The molecular weight excluding hydrogens is 164 g/mol. The minimum absolute atomic E-state index is 0.0776. The number of carbonyl (C=O) groups is 1. The number of hydrazine groups is 1. The first kappa shape index (κ1) is 9.74. The molecular formula is C10H14N2O. The van der Waals surface area contributed by atoms with E-state index in [9.17, 15) is 4.79 Å². The minimum Gasteiger partial charge on any atom is -0.283 e. The Balaban J connectivity index is 2.80. The molecule has 1 atom stereocenters. The summed E-state index contributed by atoms with van der Waals surface area (Å²) in [6.45, 7) is 1.85. The smallest absolute Gasteiger partial charge is 0.243 e. The number of carbonyl (C=O) groups excluding carboxylic acids is 1. The molecule has 0 saturated heterocycles. The van der Waals surface area contributed by atoms with Gasteiger partial charge in [-0.1, -0.05) is 30.3 Å². The number of hydrogen-bond donors (Lipinski definition) is 1. The summed E-state index contributed by atoms with van der Waals surface area (Å²) in [6.07, 6.45) is 0. The van der Waals surface area contributed by atoms with Crippen molar-refractivity contribution in [3.05, 3.63) is 35.9 Å². The van der Waals surface area contributed by atoms with Crippen molar-refractivity contribution in [2.75, 3.05) is 7.05 Å². The van der Waals surface area contributed by atoms with Gasteiger partial charge in [-0.15, -0.1) is 0 Å². The van der Waals surface area contributed by atoms with Crippen LogP contribution in [-0.2, 0) is 4.79 Å². The Kier molecular flexibility index (Phi) is 3.03. The monoisotopic (exact) mass is 178 g/mol. The van der Waals surface area contributed by atoms with Gasteiger partial charge < -0.3 is 0 Å². The number of amides is 1. The predicted molar refractivity (Wildman–Crippen MR) is 51.8 cm³/mol. The zero-order valence-electron chi connectivity index (χ0n) is 7.90. The molecule has 0 spiro atoms. The third-order valence-electron chi connectivity index (χ3n) is 2.02. The molecule has 0 aromatic heterocycles. The van der Waals surface area contributed by atoms with Crippen LogP contribution in [0.2, 0.25) is 0 Å². The lowest BCUT2D eigenvalue weighted by molar-refractivity contribution is -0.131. The summed E-state index contributed by atoms with van der Waals surface area (Å²) in [5, 5.41) is 1.12. The van der Waals surface area contributed by atoms with Crippen molar-refractivity contribution in [3.63, 3.8) is 0 Å². The molecule has 1 rings (SSSR count). The van der Waals surface area contributed by atoms with Crippen molar-refractivity contribution >= 4 is 5.91 Å². The average Bonchev–Trinajstić information content (AvgIpc) is 2.17. The van der Waals surface area contributed by atoms with E-state index in [0.717, 1.165) is 10.6 Å². The summed E-state index contributed by atoms with van der Waals surface area (Å²) in [6, 6.07) is 9.59. The molecule has 3 nitrogen and oxygen atoms in total. The molecule has 0 fully saturated rings. The van der Waals surface area contributed by atoms with Gasteiger partial charge in [-0.2, -0.15) is 0 Å². The van der Waals surface area contributed by atoms with Crippen LogP contribution >= 0.6 is 0 Å². The van der Waals surface area contributed by atoms with Crippen molar-refractivity contribution in [1.82, 2.24) is 5.01 Å². The maximum Gasteiger partial charge on any atom is 0.243 e. The van der Waals surface area contributed by atoms with E-state index in [0.29, 0.717) is 0 Å². The topological polar surface area (TPSA) is 46.3 Å². The highest BCUT2D eigenvalue weighted by Crippen LogP contribution is 2.15. The van der Waals surface area contributed by atoms with Gasteiger partial charge in [0.05, 0.1) is 5.92 Å². The molecule has 1 amide bonds. The fourth-order valence-electron chi connectivity index (χ4n) is 1.19. The summed E-state index contributed by atoms with van der Waals surface area (Å²) >= 11 is 0. The number of benzene rings is 1. The molecule has 0 radical (unpaired) electrons. The summed E-state index contributed by atoms with van der Waals surface area (Å²) in [4.78, 5) is 11.4. The van der Waals surface area contributed by atoms with Gasteiger partial charge >= 0.3 is 0 Å². The first-order valence-corrected chi connectivity index (χ1v) is 4.20. The second kappa shape index (κ2) is 4.05. The summed E-state index contributed by atoms with van der Waals surface area (Å²) < 4.78 is 0. The molecule has 70 valence electrons. The van der Waals surface area contributed by atoms with E-state index in [1.807, 2.05) is 37.3 Å². The van der Waals surface area contributed by atoms with Gasteiger partial charge in [-0.25, -0.2) is 5.84 Å². The second-order valence-corrected chi connectivity index (χ2v) is 3.08. The fraction of sp³-hybridized carbons (Fsp3) is 0.300. The summed E-state index contributed by atoms with van der Waals surface area (Å²) in [5.74, 6) is 5.11. The van der Waals surface area contributed by atoms with E-state index in [1.165, 1.54) is 0 Å². The van der Waals surface area contributed by atoms with E-state index in [1.54, 1.807) is 7.05 Å². The third kappa shape index (κ3) is 2.29. The van der Waals surface area contributed by atoms with Crippen LogP contribution in [-0.4, -0.2) is 18.0 Å². The Bertz CT molecular complexity index is 282. The maximum atomic E-state index is 11.4. The van der Waals surface area contributed by atoms with E-state index in [-0.39, 0.29) is 11.8 Å². The van der Waals surface area contributed by atoms with Crippen LogP contribution in [0.15, 0.2) is 30.3 Å².